The molecular weight excluding hydrogens is 218 g/mol. The van der Waals surface area contributed by atoms with Crippen molar-refractivity contribution in [3.8, 4) is 0 Å². The molecule has 0 aliphatic carbocycles. The van der Waals surface area contributed by atoms with Gasteiger partial charge in [-0.1, -0.05) is 5.16 Å². The fourth-order valence-electron chi connectivity index (χ4n) is 3.21. The van der Waals surface area contributed by atoms with E-state index in [0.717, 1.165) is 18.7 Å². The van der Waals surface area contributed by atoms with Gasteiger partial charge in [0.15, 0.2) is 5.82 Å². The summed E-state index contributed by atoms with van der Waals surface area (Å²) in [4.78, 5) is 6.80. The Hall–Kier alpha value is -0.940. The van der Waals surface area contributed by atoms with Crippen molar-refractivity contribution in [2.24, 2.45) is 0 Å². The number of hydrogen-bond acceptors (Lipinski definition) is 5. The first kappa shape index (κ1) is 11.2. The van der Waals surface area contributed by atoms with Crippen LogP contribution in [-0.2, 0) is 0 Å². The quantitative estimate of drug-likeness (QED) is 0.843. The number of aliphatic hydroxyl groups is 1. The second kappa shape index (κ2) is 4.07. The average Bonchev–Trinajstić information content (AvgIpc) is 2.83. The summed E-state index contributed by atoms with van der Waals surface area (Å²) < 4.78 is 5.07. The van der Waals surface area contributed by atoms with E-state index in [1.807, 2.05) is 0 Å². The molecule has 3 heterocycles. The van der Waals surface area contributed by atoms with Crippen molar-refractivity contribution >= 4 is 0 Å². The summed E-state index contributed by atoms with van der Waals surface area (Å²) in [6.45, 7) is 1.65. The van der Waals surface area contributed by atoms with Crippen molar-refractivity contribution < 1.29 is 9.63 Å². The number of fused-ring (bicyclic) bond motifs is 2. The molecule has 3 atom stereocenters. The van der Waals surface area contributed by atoms with Crippen molar-refractivity contribution in [1.82, 2.24) is 15.0 Å². The minimum Gasteiger partial charge on any atom is -0.384 e. The van der Waals surface area contributed by atoms with Crippen LogP contribution in [-0.4, -0.2) is 39.3 Å². The Bertz CT molecular complexity index is 390. The first-order chi connectivity index (χ1) is 8.15. The molecule has 5 nitrogen and oxygen atoms in total. The Balaban J connectivity index is 1.77. The predicted octanol–water partition coefficient (Wildman–Crippen LogP) is 1.46. The van der Waals surface area contributed by atoms with Crippen LogP contribution in [0, 0.1) is 0 Å². The van der Waals surface area contributed by atoms with Crippen LogP contribution in [0.3, 0.4) is 0 Å². The molecule has 3 unspecified atom stereocenters. The molecule has 94 valence electrons. The third-order valence-electron chi connectivity index (χ3n) is 4.28. The van der Waals surface area contributed by atoms with E-state index in [1.54, 1.807) is 6.92 Å². The summed E-state index contributed by atoms with van der Waals surface area (Å²) in [6, 6.07) is 1.35. The zero-order valence-electron chi connectivity index (χ0n) is 10.3. The number of aromatic nitrogens is 2. The van der Waals surface area contributed by atoms with Crippen molar-refractivity contribution in [3.05, 3.63) is 11.7 Å². The van der Waals surface area contributed by atoms with Crippen LogP contribution < -0.4 is 0 Å². The van der Waals surface area contributed by atoms with E-state index in [4.69, 9.17) is 4.52 Å². The lowest BCUT2D eigenvalue weighted by Gasteiger charge is -2.34. The Kier molecular flexibility index (Phi) is 2.67. The van der Waals surface area contributed by atoms with Crippen LogP contribution >= 0.6 is 0 Å². The first-order valence-electron chi connectivity index (χ1n) is 6.38. The molecule has 17 heavy (non-hydrogen) atoms. The van der Waals surface area contributed by atoms with E-state index in [2.05, 4.69) is 22.1 Å². The highest BCUT2D eigenvalue weighted by atomic mass is 16.5. The van der Waals surface area contributed by atoms with E-state index in [1.165, 1.54) is 12.8 Å². The van der Waals surface area contributed by atoms with Gasteiger partial charge in [-0.05, 0) is 39.7 Å². The van der Waals surface area contributed by atoms with E-state index < -0.39 is 6.10 Å². The van der Waals surface area contributed by atoms with Gasteiger partial charge in [-0.15, -0.1) is 0 Å². The van der Waals surface area contributed by atoms with Gasteiger partial charge in [-0.25, -0.2) is 0 Å². The van der Waals surface area contributed by atoms with Crippen LogP contribution in [0.25, 0.3) is 0 Å². The summed E-state index contributed by atoms with van der Waals surface area (Å²) in [5, 5.41) is 13.4. The maximum atomic E-state index is 9.39. The van der Waals surface area contributed by atoms with E-state index in [-0.39, 0.29) is 0 Å². The minimum atomic E-state index is -0.667. The molecule has 2 saturated heterocycles. The van der Waals surface area contributed by atoms with Crippen molar-refractivity contribution in [2.75, 3.05) is 7.05 Å². The molecule has 1 aromatic heterocycles. The summed E-state index contributed by atoms with van der Waals surface area (Å²) in [6.07, 6.45) is 4.15. The highest BCUT2D eigenvalue weighted by Crippen LogP contribution is 2.41. The fraction of sp³-hybridized carbons (Fsp3) is 0.833. The minimum absolute atomic E-state index is 0.339. The topological polar surface area (TPSA) is 62.4 Å². The van der Waals surface area contributed by atoms with Gasteiger partial charge in [0, 0.05) is 18.0 Å². The Morgan fingerprint density at radius 2 is 2.00 bits per heavy atom. The van der Waals surface area contributed by atoms with Crippen LogP contribution in [0.15, 0.2) is 4.52 Å². The van der Waals surface area contributed by atoms with Crippen molar-refractivity contribution in [3.63, 3.8) is 0 Å². The van der Waals surface area contributed by atoms with Gasteiger partial charge in [0.1, 0.15) is 6.10 Å². The Labute approximate surface area is 101 Å². The number of rotatable bonds is 2. The first-order valence-corrected chi connectivity index (χ1v) is 6.38. The average molecular weight is 237 g/mol. The molecule has 0 aromatic carbocycles. The molecule has 0 spiro atoms. The summed E-state index contributed by atoms with van der Waals surface area (Å²) in [5.41, 5.74) is 0. The SMILES string of the molecule is CC(O)c1nc(C2CC3CCC(C2)N3C)no1. The third kappa shape index (κ3) is 1.87. The highest BCUT2D eigenvalue weighted by Gasteiger charge is 2.40. The standard InChI is InChI=1S/C12H19N3O2/c1-7(16)12-13-11(14-17-12)8-5-9-3-4-10(6-8)15(9)2/h7-10,16H,3-6H2,1-2H3. The molecule has 0 radical (unpaired) electrons. The van der Waals surface area contributed by atoms with Gasteiger partial charge in [0.05, 0.1) is 0 Å². The molecule has 1 N–H and O–H groups in total. The van der Waals surface area contributed by atoms with Crippen molar-refractivity contribution in [1.29, 1.82) is 0 Å². The summed E-state index contributed by atoms with van der Waals surface area (Å²) in [5.74, 6) is 1.53. The van der Waals surface area contributed by atoms with Gasteiger partial charge in [-0.2, -0.15) is 4.98 Å². The monoisotopic (exact) mass is 237 g/mol. The van der Waals surface area contributed by atoms with Gasteiger partial charge in [-0.3, -0.25) is 0 Å². The summed E-state index contributed by atoms with van der Waals surface area (Å²) >= 11 is 0. The highest BCUT2D eigenvalue weighted by molar-refractivity contribution is 5.05. The van der Waals surface area contributed by atoms with Gasteiger partial charge < -0.3 is 14.5 Å². The van der Waals surface area contributed by atoms with Crippen LogP contribution in [0.5, 0.6) is 0 Å². The lowest BCUT2D eigenvalue weighted by Crippen LogP contribution is -2.39. The number of aliphatic hydroxyl groups excluding tert-OH is 1. The van der Waals surface area contributed by atoms with Gasteiger partial charge >= 0.3 is 0 Å². The number of hydrogen-bond donors (Lipinski definition) is 1. The molecule has 2 bridgehead atoms. The second-order valence-corrected chi connectivity index (χ2v) is 5.39. The maximum Gasteiger partial charge on any atom is 0.255 e. The van der Waals surface area contributed by atoms with Crippen LogP contribution in [0.4, 0.5) is 0 Å². The largest absolute Gasteiger partial charge is 0.384 e. The normalized spacial score (nSPS) is 35.1. The van der Waals surface area contributed by atoms with Gasteiger partial charge in [0.2, 0.25) is 0 Å². The Morgan fingerprint density at radius 3 is 2.53 bits per heavy atom. The van der Waals surface area contributed by atoms with Crippen molar-refractivity contribution in [2.45, 2.75) is 56.7 Å². The molecule has 2 fully saturated rings. The smallest absolute Gasteiger partial charge is 0.255 e. The van der Waals surface area contributed by atoms with E-state index in [0.29, 0.717) is 23.9 Å². The third-order valence-corrected chi connectivity index (χ3v) is 4.28. The molecule has 2 aliphatic heterocycles. The molecule has 1 aromatic rings. The molecule has 0 amide bonds. The summed E-state index contributed by atoms with van der Waals surface area (Å²) in [7, 11) is 2.22. The van der Waals surface area contributed by atoms with E-state index in [9.17, 15) is 5.11 Å². The second-order valence-electron chi connectivity index (χ2n) is 5.39. The number of nitrogens with zero attached hydrogens (tertiary/aromatic N) is 3. The fourth-order valence-corrected chi connectivity index (χ4v) is 3.21. The molecule has 3 rings (SSSR count). The van der Waals surface area contributed by atoms with Crippen LogP contribution in [0.1, 0.15) is 56.3 Å². The zero-order chi connectivity index (χ0) is 12.0. The molecular formula is C12H19N3O2. The lowest BCUT2D eigenvalue weighted by atomic mass is 9.90. The number of piperidine rings is 1. The Morgan fingerprint density at radius 1 is 1.35 bits per heavy atom. The van der Waals surface area contributed by atoms with Crippen LogP contribution in [0.2, 0.25) is 0 Å². The van der Waals surface area contributed by atoms with E-state index >= 15 is 0 Å². The maximum absolute atomic E-state index is 9.39. The zero-order valence-corrected chi connectivity index (χ0v) is 10.3. The molecule has 0 saturated carbocycles. The lowest BCUT2D eigenvalue weighted by molar-refractivity contribution is 0.150. The molecule has 5 heteroatoms. The molecule has 2 aliphatic rings. The predicted molar refractivity (Wildman–Crippen MR) is 61.5 cm³/mol. The van der Waals surface area contributed by atoms with Gasteiger partial charge in [0.25, 0.3) is 5.89 Å².